The molecular formula is C17H12N2OS. The molecule has 4 rings (SSSR count). The molecule has 0 amide bonds. The fraction of sp³-hybridized carbons (Fsp3) is 0.235. The first kappa shape index (κ1) is 12.5. The summed E-state index contributed by atoms with van der Waals surface area (Å²) in [5.74, 6) is 0.345. The van der Waals surface area contributed by atoms with Crippen molar-refractivity contribution in [3.05, 3.63) is 51.7 Å². The number of ketones is 1. The van der Waals surface area contributed by atoms with E-state index in [-0.39, 0.29) is 11.7 Å². The zero-order chi connectivity index (χ0) is 14.4. The second-order valence-electron chi connectivity index (χ2n) is 5.47. The van der Waals surface area contributed by atoms with E-state index in [2.05, 4.69) is 11.1 Å². The summed E-state index contributed by atoms with van der Waals surface area (Å²) in [5.41, 5.74) is 1.30. The molecule has 1 spiro atoms. The van der Waals surface area contributed by atoms with Gasteiger partial charge in [-0.25, -0.2) is 0 Å². The van der Waals surface area contributed by atoms with Crippen LogP contribution in [-0.4, -0.2) is 12.0 Å². The number of thiophene rings is 1. The van der Waals surface area contributed by atoms with Crippen LogP contribution in [-0.2, 0) is 10.2 Å². The summed E-state index contributed by atoms with van der Waals surface area (Å²) in [6, 6.07) is 13.9. The van der Waals surface area contributed by atoms with E-state index in [0.29, 0.717) is 11.3 Å². The summed E-state index contributed by atoms with van der Waals surface area (Å²) in [4.78, 5) is 19.0. The first-order chi connectivity index (χ1) is 10.3. The van der Waals surface area contributed by atoms with Crippen LogP contribution in [0.3, 0.4) is 0 Å². The van der Waals surface area contributed by atoms with Crippen molar-refractivity contribution in [2.45, 2.75) is 24.2 Å². The minimum Gasteiger partial charge on any atom is -0.298 e. The summed E-state index contributed by atoms with van der Waals surface area (Å²) in [6.45, 7) is 0. The van der Waals surface area contributed by atoms with Gasteiger partial charge in [0.15, 0.2) is 0 Å². The van der Waals surface area contributed by atoms with Crippen molar-refractivity contribution in [2.75, 3.05) is 0 Å². The Morgan fingerprint density at radius 2 is 2.14 bits per heavy atom. The SMILES string of the molecule is N#Cc1ccc(C2CCC(=O)C23C=Nc2ccccc23)s1. The molecule has 4 heteroatoms. The van der Waals surface area contributed by atoms with Crippen LogP contribution in [0, 0.1) is 11.3 Å². The van der Waals surface area contributed by atoms with Gasteiger partial charge in [0, 0.05) is 23.4 Å². The van der Waals surface area contributed by atoms with Gasteiger partial charge in [-0.1, -0.05) is 18.2 Å². The Morgan fingerprint density at radius 3 is 2.95 bits per heavy atom. The van der Waals surface area contributed by atoms with E-state index < -0.39 is 5.41 Å². The Balaban J connectivity index is 1.89. The summed E-state index contributed by atoms with van der Waals surface area (Å²) in [6.07, 6.45) is 3.23. The number of nitrogens with zero attached hydrogens (tertiary/aromatic N) is 2. The van der Waals surface area contributed by atoms with E-state index in [4.69, 9.17) is 5.26 Å². The van der Waals surface area contributed by atoms with Gasteiger partial charge in [0.2, 0.25) is 0 Å². The van der Waals surface area contributed by atoms with Crippen LogP contribution in [0.2, 0.25) is 0 Å². The van der Waals surface area contributed by atoms with Crippen molar-refractivity contribution in [1.82, 2.24) is 0 Å². The van der Waals surface area contributed by atoms with Gasteiger partial charge < -0.3 is 0 Å². The monoisotopic (exact) mass is 292 g/mol. The molecule has 3 nitrogen and oxygen atoms in total. The zero-order valence-corrected chi connectivity index (χ0v) is 12.1. The average molecular weight is 292 g/mol. The minimum absolute atomic E-state index is 0.101. The van der Waals surface area contributed by atoms with Gasteiger partial charge in [-0.05, 0) is 30.2 Å². The highest BCUT2D eigenvalue weighted by molar-refractivity contribution is 7.12. The molecule has 1 aliphatic heterocycles. The predicted octanol–water partition coefficient (Wildman–Crippen LogP) is 3.72. The zero-order valence-electron chi connectivity index (χ0n) is 11.2. The van der Waals surface area contributed by atoms with Crippen molar-refractivity contribution in [3.63, 3.8) is 0 Å². The first-order valence-electron chi connectivity index (χ1n) is 6.93. The molecule has 2 aromatic rings. The third-order valence-electron chi connectivity index (χ3n) is 4.51. The van der Waals surface area contributed by atoms with Crippen molar-refractivity contribution in [2.24, 2.45) is 4.99 Å². The van der Waals surface area contributed by atoms with Crippen LogP contribution in [0.4, 0.5) is 5.69 Å². The molecule has 0 bridgehead atoms. The minimum atomic E-state index is -0.617. The number of hydrogen-bond acceptors (Lipinski definition) is 4. The van der Waals surface area contributed by atoms with Gasteiger partial charge in [-0.2, -0.15) is 5.26 Å². The molecule has 0 saturated heterocycles. The predicted molar refractivity (Wildman–Crippen MR) is 82.3 cm³/mol. The number of rotatable bonds is 1. The highest BCUT2D eigenvalue weighted by atomic mass is 32.1. The molecule has 1 aromatic carbocycles. The molecule has 2 unspecified atom stereocenters. The Kier molecular flexibility index (Phi) is 2.60. The largest absolute Gasteiger partial charge is 0.298 e. The fourth-order valence-corrected chi connectivity index (χ4v) is 4.57. The molecule has 1 fully saturated rings. The molecule has 0 radical (unpaired) electrons. The number of carbonyl (C=O) groups is 1. The van der Waals surface area contributed by atoms with E-state index >= 15 is 0 Å². The highest BCUT2D eigenvalue weighted by Gasteiger charge is 2.53. The van der Waals surface area contributed by atoms with Crippen LogP contribution in [0.25, 0.3) is 0 Å². The molecule has 1 saturated carbocycles. The molecule has 1 aromatic heterocycles. The van der Waals surface area contributed by atoms with Crippen LogP contribution < -0.4 is 0 Å². The molecule has 102 valence electrons. The van der Waals surface area contributed by atoms with E-state index in [1.165, 1.54) is 11.3 Å². The number of aliphatic imine (C=N–C) groups is 1. The Labute approximate surface area is 126 Å². The summed E-state index contributed by atoms with van der Waals surface area (Å²) in [7, 11) is 0. The van der Waals surface area contributed by atoms with Crippen molar-refractivity contribution in [1.29, 1.82) is 5.26 Å². The van der Waals surface area contributed by atoms with E-state index in [9.17, 15) is 4.79 Å². The first-order valence-corrected chi connectivity index (χ1v) is 7.75. The normalized spacial score (nSPS) is 26.2. The van der Waals surface area contributed by atoms with Gasteiger partial charge in [0.25, 0.3) is 0 Å². The lowest BCUT2D eigenvalue weighted by Gasteiger charge is -2.27. The van der Waals surface area contributed by atoms with Crippen molar-refractivity contribution in [3.8, 4) is 6.07 Å². The number of hydrogen-bond donors (Lipinski definition) is 0. The number of nitriles is 1. The van der Waals surface area contributed by atoms with Gasteiger partial charge in [0.1, 0.15) is 16.7 Å². The molecule has 1 aliphatic carbocycles. The lowest BCUT2D eigenvalue weighted by Crippen LogP contribution is -2.35. The Morgan fingerprint density at radius 1 is 1.29 bits per heavy atom. The maximum absolute atomic E-state index is 12.7. The second-order valence-corrected chi connectivity index (χ2v) is 6.59. The third-order valence-corrected chi connectivity index (χ3v) is 5.61. The lowest BCUT2D eigenvalue weighted by atomic mass is 9.73. The summed E-state index contributed by atoms with van der Waals surface area (Å²) in [5, 5.41) is 9.03. The van der Waals surface area contributed by atoms with Gasteiger partial charge in [-0.3, -0.25) is 9.79 Å². The number of Topliss-reactive ketones (excluding diaryl/α,β-unsaturated/α-hetero) is 1. The van der Waals surface area contributed by atoms with E-state index in [0.717, 1.165) is 22.5 Å². The molecule has 2 atom stereocenters. The molecule has 0 N–H and O–H groups in total. The van der Waals surface area contributed by atoms with Crippen LogP contribution in [0.15, 0.2) is 41.4 Å². The van der Waals surface area contributed by atoms with Gasteiger partial charge >= 0.3 is 0 Å². The molecular weight excluding hydrogens is 280 g/mol. The maximum Gasteiger partial charge on any atom is 0.149 e. The standard InChI is InChI=1S/C17H12N2OS/c18-9-11-5-7-15(21-11)13-6-8-16(20)17(13)10-19-14-4-2-1-3-12(14)17/h1-5,7,10,13H,6,8H2. The van der Waals surface area contributed by atoms with Crippen molar-refractivity contribution < 1.29 is 4.79 Å². The Hall–Kier alpha value is -2.25. The quantitative estimate of drug-likeness (QED) is 0.804. The molecule has 21 heavy (non-hydrogen) atoms. The summed E-state index contributed by atoms with van der Waals surface area (Å²) < 4.78 is 0. The van der Waals surface area contributed by atoms with Crippen LogP contribution in [0.1, 0.15) is 34.1 Å². The lowest BCUT2D eigenvalue weighted by molar-refractivity contribution is -0.120. The second kappa shape index (κ2) is 4.37. The Bertz CT molecular complexity index is 814. The topological polar surface area (TPSA) is 53.2 Å². The number of fused-ring (bicyclic) bond motifs is 2. The van der Waals surface area contributed by atoms with Gasteiger partial charge in [0.05, 0.1) is 11.1 Å². The van der Waals surface area contributed by atoms with Crippen LogP contribution in [0.5, 0.6) is 0 Å². The molecule has 2 aliphatic rings. The van der Waals surface area contributed by atoms with E-state index in [1.54, 1.807) is 0 Å². The average Bonchev–Trinajstić information content (AvgIpc) is 3.20. The number of carbonyl (C=O) groups excluding carboxylic acids is 1. The fourth-order valence-electron chi connectivity index (χ4n) is 3.55. The third kappa shape index (κ3) is 1.58. The number of para-hydroxylation sites is 1. The molecule has 2 heterocycles. The van der Waals surface area contributed by atoms with E-state index in [1.807, 2.05) is 42.6 Å². The van der Waals surface area contributed by atoms with Crippen LogP contribution >= 0.6 is 11.3 Å². The number of benzene rings is 1. The maximum atomic E-state index is 12.7. The smallest absolute Gasteiger partial charge is 0.149 e. The van der Waals surface area contributed by atoms with Gasteiger partial charge in [-0.15, -0.1) is 11.3 Å². The van der Waals surface area contributed by atoms with Crippen molar-refractivity contribution >= 4 is 29.0 Å². The highest BCUT2D eigenvalue weighted by Crippen LogP contribution is 2.54. The summed E-state index contributed by atoms with van der Waals surface area (Å²) >= 11 is 1.49.